The van der Waals surface area contributed by atoms with Gasteiger partial charge in [-0.1, -0.05) is 25.5 Å². The first kappa shape index (κ1) is 13.1. The third-order valence-electron chi connectivity index (χ3n) is 4.74. The van der Waals surface area contributed by atoms with Crippen LogP contribution in [0.1, 0.15) is 45.4 Å². The van der Waals surface area contributed by atoms with Crippen LogP contribution < -0.4 is 5.73 Å². The second kappa shape index (κ2) is 6.01. The van der Waals surface area contributed by atoms with E-state index in [1.807, 2.05) is 0 Å². The van der Waals surface area contributed by atoms with Crippen molar-refractivity contribution in [2.24, 2.45) is 17.6 Å². The molecule has 2 aliphatic rings. The highest BCUT2D eigenvalue weighted by atomic mass is 15.1. The molecule has 1 saturated carbocycles. The van der Waals surface area contributed by atoms with Crippen LogP contribution in [0, 0.1) is 11.8 Å². The fourth-order valence-electron chi connectivity index (χ4n) is 3.45. The van der Waals surface area contributed by atoms with Crippen molar-refractivity contribution in [3.63, 3.8) is 0 Å². The molecule has 0 aromatic rings. The van der Waals surface area contributed by atoms with Crippen molar-refractivity contribution in [2.45, 2.75) is 57.5 Å². The largest absolute Gasteiger partial charge is 0.324 e. The number of rotatable bonds is 4. The summed E-state index contributed by atoms with van der Waals surface area (Å²) in [7, 11) is 2.30. The van der Waals surface area contributed by atoms with Gasteiger partial charge in [0.15, 0.2) is 0 Å². The zero-order chi connectivity index (χ0) is 12.3. The summed E-state index contributed by atoms with van der Waals surface area (Å²) in [6, 6.07) is 1.13. The van der Waals surface area contributed by atoms with Gasteiger partial charge in [-0.3, -0.25) is 0 Å². The van der Waals surface area contributed by atoms with Gasteiger partial charge in [-0.25, -0.2) is 0 Å². The average Bonchev–Trinajstić information content (AvgIpc) is 2.75. The second-order valence-electron chi connectivity index (χ2n) is 6.07. The van der Waals surface area contributed by atoms with Gasteiger partial charge in [0.25, 0.3) is 0 Å². The SMILES string of the molecule is CCC1CCC(N(C)CC2C=CC(N)C2)CC1. The van der Waals surface area contributed by atoms with Gasteiger partial charge in [0, 0.05) is 18.6 Å². The summed E-state index contributed by atoms with van der Waals surface area (Å²) < 4.78 is 0. The third-order valence-corrected chi connectivity index (χ3v) is 4.74. The van der Waals surface area contributed by atoms with Crippen molar-refractivity contribution in [1.29, 1.82) is 0 Å². The average molecular weight is 236 g/mol. The lowest BCUT2D eigenvalue weighted by molar-refractivity contribution is 0.151. The molecule has 0 aromatic carbocycles. The predicted molar refractivity (Wildman–Crippen MR) is 73.9 cm³/mol. The first-order valence-corrected chi connectivity index (χ1v) is 7.33. The standard InChI is InChI=1S/C15H28N2/c1-3-12-5-8-15(9-6-12)17(2)11-13-4-7-14(16)10-13/h4,7,12-15H,3,5-6,8-11,16H2,1-2H3. The molecule has 0 aliphatic heterocycles. The maximum atomic E-state index is 5.91. The lowest BCUT2D eigenvalue weighted by Crippen LogP contribution is -2.38. The highest BCUT2D eigenvalue weighted by Crippen LogP contribution is 2.30. The minimum absolute atomic E-state index is 0.309. The highest BCUT2D eigenvalue weighted by molar-refractivity contribution is 5.05. The molecule has 0 heterocycles. The van der Waals surface area contributed by atoms with Crippen molar-refractivity contribution in [3.05, 3.63) is 12.2 Å². The fourth-order valence-corrected chi connectivity index (χ4v) is 3.45. The van der Waals surface area contributed by atoms with Crippen LogP contribution in [-0.4, -0.2) is 30.6 Å². The normalized spacial score (nSPS) is 37.9. The Labute approximate surface area is 106 Å². The molecule has 0 spiro atoms. The molecule has 0 amide bonds. The number of hydrogen-bond acceptors (Lipinski definition) is 2. The zero-order valence-electron chi connectivity index (χ0n) is 11.4. The molecule has 0 radical (unpaired) electrons. The van der Waals surface area contributed by atoms with E-state index in [4.69, 9.17) is 5.73 Å². The summed E-state index contributed by atoms with van der Waals surface area (Å²) in [4.78, 5) is 2.58. The number of nitrogens with zero attached hydrogens (tertiary/aromatic N) is 1. The van der Waals surface area contributed by atoms with Crippen LogP contribution in [0.25, 0.3) is 0 Å². The molecule has 2 aliphatic carbocycles. The summed E-state index contributed by atoms with van der Waals surface area (Å²) in [6.45, 7) is 3.53. The minimum Gasteiger partial charge on any atom is -0.324 e. The van der Waals surface area contributed by atoms with Gasteiger partial charge in [-0.15, -0.1) is 0 Å². The summed E-state index contributed by atoms with van der Waals surface area (Å²) >= 11 is 0. The molecule has 2 atom stereocenters. The Bertz CT molecular complexity index is 254. The molecule has 0 saturated heterocycles. The molecule has 2 nitrogen and oxygen atoms in total. The van der Waals surface area contributed by atoms with Crippen LogP contribution in [0.15, 0.2) is 12.2 Å². The Morgan fingerprint density at radius 1 is 1.18 bits per heavy atom. The van der Waals surface area contributed by atoms with Gasteiger partial charge in [-0.05, 0) is 51.0 Å². The van der Waals surface area contributed by atoms with Crippen LogP contribution in [0.3, 0.4) is 0 Å². The van der Waals surface area contributed by atoms with Crippen molar-refractivity contribution in [3.8, 4) is 0 Å². The highest BCUT2D eigenvalue weighted by Gasteiger charge is 2.25. The molecule has 17 heavy (non-hydrogen) atoms. The minimum atomic E-state index is 0.309. The molecule has 0 aromatic heterocycles. The first-order chi connectivity index (χ1) is 8.19. The summed E-state index contributed by atoms with van der Waals surface area (Å²) in [6.07, 6.45) is 12.7. The van der Waals surface area contributed by atoms with E-state index in [-0.39, 0.29) is 0 Å². The van der Waals surface area contributed by atoms with Crippen molar-refractivity contribution in [2.75, 3.05) is 13.6 Å². The maximum Gasteiger partial charge on any atom is 0.0229 e. The van der Waals surface area contributed by atoms with Crippen LogP contribution in [0.2, 0.25) is 0 Å². The van der Waals surface area contributed by atoms with Crippen molar-refractivity contribution >= 4 is 0 Å². The van der Waals surface area contributed by atoms with Crippen molar-refractivity contribution < 1.29 is 0 Å². The van der Waals surface area contributed by atoms with Gasteiger partial charge < -0.3 is 10.6 Å². The summed E-state index contributed by atoms with van der Waals surface area (Å²) in [5.74, 6) is 1.69. The second-order valence-corrected chi connectivity index (χ2v) is 6.07. The van der Waals surface area contributed by atoms with E-state index in [9.17, 15) is 0 Å². The molecule has 0 bridgehead atoms. The van der Waals surface area contributed by atoms with Crippen molar-refractivity contribution in [1.82, 2.24) is 4.90 Å². The van der Waals surface area contributed by atoms with Crippen LogP contribution in [0.5, 0.6) is 0 Å². The quantitative estimate of drug-likeness (QED) is 0.761. The van der Waals surface area contributed by atoms with E-state index in [2.05, 4.69) is 31.0 Å². The van der Waals surface area contributed by atoms with E-state index < -0.39 is 0 Å². The van der Waals surface area contributed by atoms with E-state index >= 15 is 0 Å². The Balaban J connectivity index is 1.73. The molecular formula is C15H28N2. The predicted octanol–water partition coefficient (Wildman–Crippen LogP) is 2.79. The molecule has 2 heteroatoms. The summed E-state index contributed by atoms with van der Waals surface area (Å²) in [5.41, 5.74) is 5.91. The molecule has 2 unspecified atom stereocenters. The maximum absolute atomic E-state index is 5.91. The first-order valence-electron chi connectivity index (χ1n) is 7.33. The number of hydrogen-bond donors (Lipinski definition) is 1. The molecule has 1 fully saturated rings. The Morgan fingerprint density at radius 2 is 1.88 bits per heavy atom. The van der Waals surface area contributed by atoms with E-state index in [0.717, 1.165) is 18.4 Å². The molecule has 98 valence electrons. The van der Waals surface area contributed by atoms with Gasteiger partial charge in [-0.2, -0.15) is 0 Å². The Kier molecular flexibility index (Phi) is 4.63. The van der Waals surface area contributed by atoms with Crippen LogP contribution >= 0.6 is 0 Å². The van der Waals surface area contributed by atoms with Crippen LogP contribution in [-0.2, 0) is 0 Å². The lowest BCUT2D eigenvalue weighted by Gasteiger charge is -2.35. The van der Waals surface area contributed by atoms with E-state index in [0.29, 0.717) is 12.0 Å². The Hall–Kier alpha value is -0.340. The van der Waals surface area contributed by atoms with Gasteiger partial charge in [0.2, 0.25) is 0 Å². The molecule has 2 N–H and O–H groups in total. The monoisotopic (exact) mass is 236 g/mol. The summed E-state index contributed by atoms with van der Waals surface area (Å²) in [5, 5.41) is 0. The Morgan fingerprint density at radius 3 is 2.41 bits per heavy atom. The fraction of sp³-hybridized carbons (Fsp3) is 0.867. The van der Waals surface area contributed by atoms with E-state index in [1.54, 1.807) is 0 Å². The smallest absolute Gasteiger partial charge is 0.0229 e. The lowest BCUT2D eigenvalue weighted by atomic mass is 9.84. The van der Waals surface area contributed by atoms with Gasteiger partial charge in [0.1, 0.15) is 0 Å². The topological polar surface area (TPSA) is 29.3 Å². The van der Waals surface area contributed by atoms with Crippen LogP contribution in [0.4, 0.5) is 0 Å². The molecular weight excluding hydrogens is 208 g/mol. The van der Waals surface area contributed by atoms with Gasteiger partial charge >= 0.3 is 0 Å². The van der Waals surface area contributed by atoms with E-state index in [1.165, 1.54) is 38.6 Å². The molecule has 2 rings (SSSR count). The number of nitrogens with two attached hydrogens (primary N) is 1. The third kappa shape index (κ3) is 3.56. The zero-order valence-corrected chi connectivity index (χ0v) is 11.4. The van der Waals surface area contributed by atoms with Gasteiger partial charge in [0.05, 0.1) is 0 Å².